The molecule has 110 valence electrons. The average molecular weight is 275 g/mol. The van der Waals surface area contributed by atoms with E-state index in [4.69, 9.17) is 5.73 Å². The van der Waals surface area contributed by atoms with Crippen LogP contribution in [0.15, 0.2) is 24.3 Å². The van der Waals surface area contributed by atoms with Crippen LogP contribution in [0.3, 0.4) is 0 Å². The lowest BCUT2D eigenvalue weighted by Gasteiger charge is -2.49. The monoisotopic (exact) mass is 275 g/mol. The highest BCUT2D eigenvalue weighted by atomic mass is 16.2. The Morgan fingerprint density at radius 2 is 2.00 bits per heavy atom. The van der Waals surface area contributed by atoms with E-state index in [0.717, 1.165) is 17.7 Å². The van der Waals surface area contributed by atoms with Crippen LogP contribution in [0.1, 0.15) is 35.2 Å². The van der Waals surface area contributed by atoms with Gasteiger partial charge >= 0.3 is 0 Å². The van der Waals surface area contributed by atoms with Crippen molar-refractivity contribution in [2.75, 3.05) is 27.7 Å². The molecule has 1 fully saturated rings. The molecule has 0 bridgehead atoms. The highest BCUT2D eigenvalue weighted by Gasteiger charge is 2.40. The number of amides is 1. The van der Waals surface area contributed by atoms with Gasteiger partial charge < -0.3 is 15.5 Å². The Labute approximate surface area is 121 Å². The van der Waals surface area contributed by atoms with Crippen molar-refractivity contribution in [3.8, 4) is 0 Å². The number of likely N-dealkylation sites (N-methyl/N-ethyl adjacent to an activating group) is 2. The summed E-state index contributed by atoms with van der Waals surface area (Å²) >= 11 is 0. The molecule has 0 aromatic heterocycles. The molecule has 1 aliphatic rings. The minimum absolute atomic E-state index is 0.0772. The summed E-state index contributed by atoms with van der Waals surface area (Å²) in [4.78, 5) is 16.6. The third-order valence-electron chi connectivity index (χ3n) is 4.52. The summed E-state index contributed by atoms with van der Waals surface area (Å²) in [6.07, 6.45) is 3.59. The van der Waals surface area contributed by atoms with E-state index in [2.05, 4.69) is 19.0 Å². The number of hydrogen-bond donors (Lipinski definition) is 1. The van der Waals surface area contributed by atoms with E-state index in [9.17, 15) is 4.79 Å². The molecule has 1 aromatic rings. The second kappa shape index (κ2) is 5.94. The molecule has 0 saturated heterocycles. The Balaban J connectivity index is 2.08. The van der Waals surface area contributed by atoms with Crippen LogP contribution in [0, 0.1) is 0 Å². The molecule has 0 atom stereocenters. The van der Waals surface area contributed by atoms with Gasteiger partial charge in [-0.3, -0.25) is 4.79 Å². The number of rotatable bonds is 5. The van der Waals surface area contributed by atoms with E-state index in [-0.39, 0.29) is 11.4 Å². The van der Waals surface area contributed by atoms with Crippen LogP contribution < -0.4 is 5.73 Å². The van der Waals surface area contributed by atoms with Crippen molar-refractivity contribution >= 4 is 5.91 Å². The molecule has 2 N–H and O–H groups in total. The fraction of sp³-hybridized carbons (Fsp3) is 0.562. The van der Waals surface area contributed by atoms with Crippen molar-refractivity contribution in [1.29, 1.82) is 0 Å². The van der Waals surface area contributed by atoms with Crippen molar-refractivity contribution in [3.63, 3.8) is 0 Å². The lowest BCUT2D eigenvalue weighted by atomic mass is 9.75. The fourth-order valence-corrected chi connectivity index (χ4v) is 2.90. The van der Waals surface area contributed by atoms with Gasteiger partial charge in [0.05, 0.1) is 0 Å². The van der Waals surface area contributed by atoms with Gasteiger partial charge in [-0.05, 0) is 51.1 Å². The third kappa shape index (κ3) is 2.86. The largest absolute Gasteiger partial charge is 0.340 e. The summed E-state index contributed by atoms with van der Waals surface area (Å²) in [6, 6.07) is 7.60. The maximum absolute atomic E-state index is 12.5. The van der Waals surface area contributed by atoms with Crippen molar-refractivity contribution in [3.05, 3.63) is 35.4 Å². The number of carbonyl (C=O) groups excluding carboxylic acids is 1. The van der Waals surface area contributed by atoms with E-state index in [1.165, 1.54) is 19.3 Å². The molecule has 1 amide bonds. The minimum Gasteiger partial charge on any atom is -0.340 e. The maximum atomic E-state index is 12.5. The Bertz CT molecular complexity index is 480. The Morgan fingerprint density at radius 1 is 1.30 bits per heavy atom. The van der Waals surface area contributed by atoms with Gasteiger partial charge in [0.15, 0.2) is 0 Å². The zero-order chi connectivity index (χ0) is 14.8. The lowest BCUT2D eigenvalue weighted by Crippen LogP contribution is -2.57. The Morgan fingerprint density at radius 3 is 2.50 bits per heavy atom. The predicted octanol–water partition coefficient (Wildman–Crippen LogP) is 1.70. The van der Waals surface area contributed by atoms with Crippen LogP contribution in [0.5, 0.6) is 0 Å². The molecular formula is C16H25N3O. The predicted molar refractivity (Wildman–Crippen MR) is 81.6 cm³/mol. The molecule has 0 aliphatic heterocycles. The van der Waals surface area contributed by atoms with Gasteiger partial charge in [0.2, 0.25) is 0 Å². The van der Waals surface area contributed by atoms with Crippen molar-refractivity contribution in [1.82, 2.24) is 9.80 Å². The highest BCUT2D eigenvalue weighted by molar-refractivity contribution is 5.94. The van der Waals surface area contributed by atoms with Gasteiger partial charge in [0.25, 0.3) is 5.91 Å². The van der Waals surface area contributed by atoms with Gasteiger partial charge in [0.1, 0.15) is 0 Å². The van der Waals surface area contributed by atoms with Crippen LogP contribution in [-0.2, 0) is 6.54 Å². The van der Waals surface area contributed by atoms with E-state index in [1.54, 1.807) is 0 Å². The van der Waals surface area contributed by atoms with Crippen LogP contribution in [0.2, 0.25) is 0 Å². The highest BCUT2D eigenvalue weighted by Crippen LogP contribution is 2.36. The van der Waals surface area contributed by atoms with Crippen LogP contribution in [0.25, 0.3) is 0 Å². The van der Waals surface area contributed by atoms with E-state index in [1.807, 2.05) is 36.2 Å². The van der Waals surface area contributed by atoms with Gasteiger partial charge in [-0.2, -0.15) is 0 Å². The average Bonchev–Trinajstić information content (AvgIpc) is 2.41. The van der Waals surface area contributed by atoms with Crippen molar-refractivity contribution in [2.45, 2.75) is 31.3 Å². The summed E-state index contributed by atoms with van der Waals surface area (Å²) in [5.74, 6) is 0.0772. The first-order valence-corrected chi connectivity index (χ1v) is 7.20. The summed E-state index contributed by atoms with van der Waals surface area (Å²) in [7, 11) is 6.10. The molecule has 0 unspecified atom stereocenters. The number of nitrogens with two attached hydrogens (primary N) is 1. The second-order valence-electron chi connectivity index (χ2n) is 6.04. The van der Waals surface area contributed by atoms with Crippen LogP contribution in [0.4, 0.5) is 0 Å². The minimum atomic E-state index is 0.0772. The van der Waals surface area contributed by atoms with Crippen molar-refractivity contribution < 1.29 is 4.79 Å². The van der Waals surface area contributed by atoms with Gasteiger partial charge in [-0.25, -0.2) is 0 Å². The Kier molecular flexibility index (Phi) is 4.45. The molecular weight excluding hydrogens is 250 g/mol. The fourth-order valence-electron chi connectivity index (χ4n) is 2.90. The molecule has 4 nitrogen and oxygen atoms in total. The van der Waals surface area contributed by atoms with Crippen molar-refractivity contribution in [2.24, 2.45) is 5.73 Å². The molecule has 0 radical (unpaired) electrons. The molecule has 1 aromatic carbocycles. The summed E-state index contributed by atoms with van der Waals surface area (Å²) < 4.78 is 0. The van der Waals surface area contributed by atoms with Gasteiger partial charge in [-0.1, -0.05) is 12.1 Å². The number of carbonyl (C=O) groups is 1. The zero-order valence-corrected chi connectivity index (χ0v) is 12.7. The SMILES string of the molecule is CN(CC1(N(C)C)CCC1)C(=O)c1cccc(CN)c1. The first-order chi connectivity index (χ1) is 9.48. The summed E-state index contributed by atoms with van der Waals surface area (Å²) in [5.41, 5.74) is 7.52. The molecule has 20 heavy (non-hydrogen) atoms. The van der Waals surface area contributed by atoms with E-state index >= 15 is 0 Å². The van der Waals surface area contributed by atoms with Crippen LogP contribution in [-0.4, -0.2) is 48.9 Å². The molecule has 0 heterocycles. The van der Waals surface area contributed by atoms with E-state index < -0.39 is 0 Å². The first kappa shape index (κ1) is 15.0. The maximum Gasteiger partial charge on any atom is 0.253 e. The molecule has 1 aliphatic carbocycles. The number of hydrogen-bond acceptors (Lipinski definition) is 3. The number of nitrogens with zero attached hydrogens (tertiary/aromatic N) is 2. The normalized spacial score (nSPS) is 16.9. The number of benzene rings is 1. The summed E-state index contributed by atoms with van der Waals surface area (Å²) in [5, 5.41) is 0. The Hall–Kier alpha value is -1.39. The smallest absolute Gasteiger partial charge is 0.253 e. The standard InChI is InChI=1S/C16H25N3O/c1-18(2)16(8-5-9-16)12-19(3)15(20)14-7-4-6-13(10-14)11-17/h4,6-7,10H,5,8-9,11-12,17H2,1-3H3. The molecule has 4 heteroatoms. The van der Waals surface area contributed by atoms with Gasteiger partial charge in [0, 0.05) is 31.2 Å². The third-order valence-corrected chi connectivity index (χ3v) is 4.52. The molecule has 1 saturated carbocycles. The zero-order valence-electron chi connectivity index (χ0n) is 12.7. The van der Waals surface area contributed by atoms with Crippen LogP contribution >= 0.6 is 0 Å². The first-order valence-electron chi connectivity index (χ1n) is 7.20. The molecule has 0 spiro atoms. The van der Waals surface area contributed by atoms with E-state index in [0.29, 0.717) is 6.54 Å². The second-order valence-corrected chi connectivity index (χ2v) is 6.04. The lowest BCUT2D eigenvalue weighted by molar-refractivity contribution is 0.0252. The topological polar surface area (TPSA) is 49.6 Å². The summed E-state index contributed by atoms with van der Waals surface area (Å²) in [6.45, 7) is 1.25. The molecule has 2 rings (SSSR count). The van der Waals surface area contributed by atoms with Gasteiger partial charge in [-0.15, -0.1) is 0 Å². The quantitative estimate of drug-likeness (QED) is 0.890.